The van der Waals surface area contributed by atoms with Gasteiger partial charge in [0.1, 0.15) is 0 Å². The SMILES string of the molecule is O=[As](O)(O)c1ccc(Cl)cc1C(F)(F)F. The summed E-state index contributed by atoms with van der Waals surface area (Å²) < 4.78 is 64.4. The molecule has 2 N–H and O–H groups in total. The van der Waals surface area contributed by atoms with Gasteiger partial charge >= 0.3 is 90.2 Å². The molecule has 0 spiro atoms. The molecule has 0 aromatic heterocycles. The molecular formula is C7H5AsClF3O3. The first kappa shape index (κ1) is 12.6. The molecule has 0 heterocycles. The van der Waals surface area contributed by atoms with Crippen molar-refractivity contribution in [3.63, 3.8) is 0 Å². The molecule has 0 atom stereocenters. The van der Waals surface area contributed by atoms with Crippen molar-refractivity contribution in [1.29, 1.82) is 0 Å². The third kappa shape index (κ3) is 3.01. The van der Waals surface area contributed by atoms with Crippen LogP contribution in [0.5, 0.6) is 0 Å². The first-order chi connectivity index (χ1) is 6.62. The van der Waals surface area contributed by atoms with Crippen LogP contribution >= 0.6 is 11.6 Å². The summed E-state index contributed by atoms with van der Waals surface area (Å²) >= 11 is -0.255. The van der Waals surface area contributed by atoms with Crippen molar-refractivity contribution >= 4 is 30.1 Å². The standard InChI is InChI=1S/C7H5AsClF3O3/c9-4-1-2-6(8(13,14)15)5(3-4)7(10,11)12/h1-3H,(H2,13,14,15). The van der Waals surface area contributed by atoms with E-state index >= 15 is 0 Å². The summed E-state index contributed by atoms with van der Waals surface area (Å²) in [5.41, 5.74) is -1.39. The fourth-order valence-corrected chi connectivity index (χ4v) is 2.79. The Bertz CT molecular complexity index is 426. The van der Waals surface area contributed by atoms with Gasteiger partial charge in [-0.3, -0.25) is 0 Å². The van der Waals surface area contributed by atoms with E-state index in [0.717, 1.165) is 6.07 Å². The number of halogens is 4. The van der Waals surface area contributed by atoms with Crippen LogP contribution in [0.1, 0.15) is 5.56 Å². The van der Waals surface area contributed by atoms with Crippen LogP contribution in [0, 0.1) is 0 Å². The van der Waals surface area contributed by atoms with Crippen LogP contribution < -0.4 is 4.35 Å². The summed E-state index contributed by atoms with van der Waals surface area (Å²) in [6, 6.07) is 2.20. The third-order valence-electron chi connectivity index (χ3n) is 1.58. The van der Waals surface area contributed by atoms with E-state index in [1.165, 1.54) is 0 Å². The summed E-state index contributed by atoms with van der Waals surface area (Å²) in [7, 11) is 0. The third-order valence-corrected chi connectivity index (χ3v) is 3.95. The van der Waals surface area contributed by atoms with E-state index in [1.807, 2.05) is 0 Å². The van der Waals surface area contributed by atoms with E-state index in [4.69, 9.17) is 19.8 Å². The first-order valence-corrected chi connectivity index (χ1v) is 7.31. The normalized spacial score (nSPS) is 12.9. The maximum absolute atomic E-state index is 12.4. The molecule has 0 saturated carbocycles. The first-order valence-electron chi connectivity index (χ1n) is 3.55. The van der Waals surface area contributed by atoms with E-state index in [-0.39, 0.29) is 5.02 Å². The molecule has 0 aliphatic rings. The molecular weight excluding hydrogens is 299 g/mol. The van der Waals surface area contributed by atoms with Crippen molar-refractivity contribution < 1.29 is 25.1 Å². The summed E-state index contributed by atoms with van der Waals surface area (Å²) in [4.78, 5) is 0. The van der Waals surface area contributed by atoms with Crippen molar-refractivity contribution in [2.45, 2.75) is 6.18 Å². The second-order valence-electron chi connectivity index (χ2n) is 2.70. The van der Waals surface area contributed by atoms with Crippen LogP contribution in [0.25, 0.3) is 0 Å². The molecule has 0 aliphatic heterocycles. The monoisotopic (exact) mass is 304 g/mol. The number of alkyl halides is 3. The van der Waals surface area contributed by atoms with Crippen molar-refractivity contribution in [2.75, 3.05) is 0 Å². The van der Waals surface area contributed by atoms with Crippen molar-refractivity contribution in [3.05, 3.63) is 28.8 Å². The van der Waals surface area contributed by atoms with Gasteiger partial charge in [0.25, 0.3) is 0 Å². The van der Waals surface area contributed by atoms with Gasteiger partial charge in [-0.15, -0.1) is 0 Å². The second kappa shape index (κ2) is 3.86. The zero-order valence-corrected chi connectivity index (χ0v) is 9.63. The van der Waals surface area contributed by atoms with Crippen LogP contribution in [-0.4, -0.2) is 22.4 Å². The Morgan fingerprint density at radius 2 is 1.80 bits per heavy atom. The molecule has 0 radical (unpaired) electrons. The Balaban J connectivity index is 3.48. The van der Waals surface area contributed by atoms with Crippen molar-refractivity contribution in [1.82, 2.24) is 0 Å². The molecule has 0 aliphatic carbocycles. The van der Waals surface area contributed by atoms with Gasteiger partial charge in [0.15, 0.2) is 0 Å². The second-order valence-corrected chi connectivity index (χ2v) is 6.43. The predicted molar refractivity (Wildman–Crippen MR) is 47.0 cm³/mol. The van der Waals surface area contributed by atoms with Gasteiger partial charge in [0, 0.05) is 0 Å². The topological polar surface area (TPSA) is 57.5 Å². The molecule has 84 valence electrons. The van der Waals surface area contributed by atoms with Crippen molar-refractivity contribution in [3.8, 4) is 0 Å². The van der Waals surface area contributed by atoms with Crippen LogP contribution in [-0.2, 0) is 9.92 Å². The van der Waals surface area contributed by atoms with E-state index < -0.39 is 30.3 Å². The van der Waals surface area contributed by atoms with E-state index in [1.54, 1.807) is 0 Å². The molecule has 15 heavy (non-hydrogen) atoms. The molecule has 0 amide bonds. The van der Waals surface area contributed by atoms with Gasteiger partial charge in [-0.2, -0.15) is 0 Å². The average Bonchev–Trinajstić information content (AvgIpc) is 2.00. The van der Waals surface area contributed by atoms with E-state index in [0.29, 0.717) is 12.1 Å². The minimum absolute atomic E-state index is 0.227. The Labute approximate surface area is 90.5 Å². The molecule has 0 saturated heterocycles. The molecule has 3 nitrogen and oxygen atoms in total. The van der Waals surface area contributed by atoms with Crippen LogP contribution in [0.4, 0.5) is 13.2 Å². The molecule has 1 rings (SSSR count). The van der Waals surface area contributed by atoms with Gasteiger partial charge < -0.3 is 0 Å². The fourth-order valence-electron chi connectivity index (χ4n) is 0.989. The Kier molecular flexibility index (Phi) is 3.26. The maximum atomic E-state index is 12.4. The molecule has 0 fully saturated rings. The van der Waals surface area contributed by atoms with Crippen molar-refractivity contribution in [2.24, 2.45) is 0 Å². The van der Waals surface area contributed by atoms with Gasteiger partial charge in [0.05, 0.1) is 0 Å². The zero-order valence-electron chi connectivity index (χ0n) is 6.99. The molecule has 8 heteroatoms. The Morgan fingerprint density at radius 1 is 1.27 bits per heavy atom. The average molecular weight is 304 g/mol. The van der Waals surface area contributed by atoms with E-state index in [2.05, 4.69) is 0 Å². The van der Waals surface area contributed by atoms with Gasteiger partial charge in [-0.1, -0.05) is 0 Å². The quantitative estimate of drug-likeness (QED) is 0.759. The van der Waals surface area contributed by atoms with Gasteiger partial charge in [0.2, 0.25) is 0 Å². The van der Waals surface area contributed by atoms with Crippen LogP contribution in [0.2, 0.25) is 5.02 Å². The molecule has 0 unspecified atom stereocenters. The minimum atomic E-state index is -5.58. The summed E-state index contributed by atoms with van der Waals surface area (Å²) in [6.07, 6.45) is -4.83. The Morgan fingerprint density at radius 3 is 2.20 bits per heavy atom. The number of hydrogen-bond donors (Lipinski definition) is 2. The zero-order chi connectivity index (χ0) is 11.9. The molecule has 1 aromatic rings. The summed E-state index contributed by atoms with van der Waals surface area (Å²) in [5.74, 6) is 0. The van der Waals surface area contributed by atoms with Gasteiger partial charge in [-0.05, 0) is 0 Å². The molecule has 0 bridgehead atoms. The number of benzene rings is 1. The van der Waals surface area contributed by atoms with Crippen LogP contribution in [0.3, 0.4) is 0 Å². The van der Waals surface area contributed by atoms with Crippen LogP contribution in [0.15, 0.2) is 18.2 Å². The summed E-state index contributed by atoms with van der Waals surface area (Å²) in [6.45, 7) is 0. The summed E-state index contributed by atoms with van der Waals surface area (Å²) in [5, 5.41) is -0.227. The molecule has 1 aromatic carbocycles. The fraction of sp³-hybridized carbons (Fsp3) is 0.143. The number of rotatable bonds is 1. The number of hydrogen-bond acceptors (Lipinski definition) is 1. The predicted octanol–water partition coefficient (Wildman–Crippen LogP) is 0.920. The van der Waals surface area contributed by atoms with Gasteiger partial charge in [-0.25, -0.2) is 0 Å². The van der Waals surface area contributed by atoms with E-state index in [9.17, 15) is 16.9 Å². The Hall–Kier alpha value is -0.422.